The molecule has 0 aromatic heterocycles. The predicted molar refractivity (Wildman–Crippen MR) is 128 cm³/mol. The number of allylic oxidation sites excluding steroid dienone is 1. The van der Waals surface area contributed by atoms with Crippen molar-refractivity contribution in [3.05, 3.63) is 76.5 Å². The van der Waals surface area contributed by atoms with Crippen molar-refractivity contribution < 1.29 is 38.0 Å². The average molecular weight is 476 g/mol. The molecule has 0 radical (unpaired) electrons. The molecular formula is C27H24O8. The number of Topliss-reactive ketones (excluding diaryl/α,β-unsaturated/α-hetero) is 1. The minimum Gasteiger partial charge on any atom is -0.497 e. The molecule has 0 atom stereocenters. The van der Waals surface area contributed by atoms with E-state index in [-0.39, 0.29) is 17.3 Å². The van der Waals surface area contributed by atoms with Gasteiger partial charge in [0.1, 0.15) is 23.0 Å². The van der Waals surface area contributed by atoms with E-state index in [2.05, 4.69) is 0 Å². The number of carbonyl (C=O) groups excluding carboxylic acids is 2. The first kappa shape index (κ1) is 23.7. The van der Waals surface area contributed by atoms with Crippen LogP contribution in [0.2, 0.25) is 0 Å². The third-order valence-electron chi connectivity index (χ3n) is 5.48. The molecule has 1 aliphatic rings. The number of carbonyl (C=O) groups is 2. The lowest BCUT2D eigenvalue weighted by Gasteiger charge is -2.12. The SMILES string of the molecule is COc1cccc(C(=O)Oc2cc(C)c3c(c2)O/C(=C\c2cc(OC)c(OC)cc2OC)C3=O)c1. The number of ether oxygens (including phenoxy) is 6. The Balaban J connectivity index is 1.64. The van der Waals surface area contributed by atoms with E-state index < -0.39 is 5.97 Å². The number of esters is 1. The van der Waals surface area contributed by atoms with E-state index in [4.69, 9.17) is 28.4 Å². The zero-order chi connectivity index (χ0) is 25.1. The van der Waals surface area contributed by atoms with Crippen LogP contribution < -0.4 is 28.4 Å². The number of fused-ring (bicyclic) bond motifs is 1. The van der Waals surface area contributed by atoms with Crippen LogP contribution in [0.5, 0.6) is 34.5 Å². The molecular weight excluding hydrogens is 452 g/mol. The Morgan fingerprint density at radius 1 is 0.829 bits per heavy atom. The molecule has 0 N–H and O–H groups in total. The number of aryl methyl sites for hydroxylation is 1. The van der Waals surface area contributed by atoms with Crippen molar-refractivity contribution in [2.75, 3.05) is 28.4 Å². The van der Waals surface area contributed by atoms with Crippen molar-refractivity contribution in [2.45, 2.75) is 6.92 Å². The average Bonchev–Trinajstić information content (AvgIpc) is 3.18. The first-order chi connectivity index (χ1) is 16.9. The van der Waals surface area contributed by atoms with E-state index in [9.17, 15) is 9.59 Å². The van der Waals surface area contributed by atoms with Crippen molar-refractivity contribution in [3.8, 4) is 34.5 Å². The highest BCUT2D eigenvalue weighted by Gasteiger charge is 2.31. The van der Waals surface area contributed by atoms with Crippen molar-refractivity contribution >= 4 is 17.8 Å². The maximum atomic E-state index is 13.1. The summed E-state index contributed by atoms with van der Waals surface area (Å²) in [5.41, 5.74) is 1.92. The molecule has 3 aromatic carbocycles. The van der Waals surface area contributed by atoms with E-state index in [1.54, 1.807) is 55.5 Å². The highest BCUT2D eigenvalue weighted by Crippen LogP contribution is 2.40. The zero-order valence-corrected chi connectivity index (χ0v) is 20.0. The minimum atomic E-state index is -0.557. The van der Waals surface area contributed by atoms with Crippen LogP contribution in [-0.4, -0.2) is 40.2 Å². The normalized spacial score (nSPS) is 13.2. The molecule has 180 valence electrons. The second kappa shape index (κ2) is 9.80. The molecule has 0 spiro atoms. The minimum absolute atomic E-state index is 0.102. The summed E-state index contributed by atoms with van der Waals surface area (Å²) in [7, 11) is 6.08. The number of hydrogen-bond acceptors (Lipinski definition) is 8. The molecule has 0 saturated carbocycles. The van der Waals surface area contributed by atoms with Crippen LogP contribution in [0.15, 0.2) is 54.3 Å². The molecule has 8 nitrogen and oxygen atoms in total. The van der Waals surface area contributed by atoms with Gasteiger partial charge in [-0.1, -0.05) is 6.07 Å². The molecule has 8 heteroatoms. The van der Waals surface area contributed by atoms with Crippen molar-refractivity contribution in [3.63, 3.8) is 0 Å². The Morgan fingerprint density at radius 3 is 2.23 bits per heavy atom. The van der Waals surface area contributed by atoms with E-state index in [1.165, 1.54) is 34.5 Å². The largest absolute Gasteiger partial charge is 0.497 e. The van der Waals surface area contributed by atoms with Crippen molar-refractivity contribution in [2.24, 2.45) is 0 Å². The Labute approximate surface area is 202 Å². The molecule has 0 amide bonds. The van der Waals surface area contributed by atoms with Crippen LogP contribution in [-0.2, 0) is 0 Å². The third kappa shape index (κ3) is 4.63. The second-order valence-corrected chi connectivity index (χ2v) is 7.62. The molecule has 1 heterocycles. The summed E-state index contributed by atoms with van der Waals surface area (Å²) in [6.45, 7) is 1.75. The van der Waals surface area contributed by atoms with Gasteiger partial charge in [-0.15, -0.1) is 0 Å². The smallest absolute Gasteiger partial charge is 0.343 e. The summed E-state index contributed by atoms with van der Waals surface area (Å²) < 4.78 is 32.7. The molecule has 0 bridgehead atoms. The molecule has 35 heavy (non-hydrogen) atoms. The number of ketones is 1. The topological polar surface area (TPSA) is 89.5 Å². The van der Waals surface area contributed by atoms with Gasteiger partial charge in [0.15, 0.2) is 17.3 Å². The van der Waals surface area contributed by atoms with Crippen LogP contribution in [0.3, 0.4) is 0 Å². The lowest BCUT2D eigenvalue weighted by atomic mass is 10.0. The molecule has 1 aliphatic heterocycles. The Kier molecular flexibility index (Phi) is 6.64. The fourth-order valence-electron chi connectivity index (χ4n) is 3.76. The van der Waals surface area contributed by atoms with Gasteiger partial charge in [-0.2, -0.15) is 0 Å². The molecule has 0 fully saturated rings. The van der Waals surface area contributed by atoms with Gasteiger partial charge in [0.25, 0.3) is 0 Å². The molecule has 0 aliphatic carbocycles. The maximum absolute atomic E-state index is 13.1. The number of benzene rings is 3. The van der Waals surface area contributed by atoms with Crippen LogP contribution in [0.4, 0.5) is 0 Å². The quantitative estimate of drug-likeness (QED) is 0.271. The monoisotopic (exact) mass is 476 g/mol. The molecule has 0 unspecified atom stereocenters. The summed E-state index contributed by atoms with van der Waals surface area (Å²) >= 11 is 0. The third-order valence-corrected chi connectivity index (χ3v) is 5.48. The van der Waals surface area contributed by atoms with E-state index in [0.29, 0.717) is 51.0 Å². The van der Waals surface area contributed by atoms with Gasteiger partial charge in [0, 0.05) is 17.7 Å². The summed E-state index contributed by atoms with van der Waals surface area (Å²) in [4.78, 5) is 25.7. The Morgan fingerprint density at radius 2 is 1.54 bits per heavy atom. The van der Waals surface area contributed by atoms with Gasteiger partial charge in [0.05, 0.1) is 39.6 Å². The van der Waals surface area contributed by atoms with E-state index in [0.717, 1.165) is 0 Å². The van der Waals surface area contributed by atoms with Gasteiger partial charge >= 0.3 is 5.97 Å². The van der Waals surface area contributed by atoms with Crippen LogP contribution in [0, 0.1) is 6.92 Å². The second-order valence-electron chi connectivity index (χ2n) is 7.62. The van der Waals surface area contributed by atoms with Gasteiger partial charge in [-0.3, -0.25) is 4.79 Å². The molecule has 3 aromatic rings. The molecule has 0 saturated heterocycles. The summed E-state index contributed by atoms with van der Waals surface area (Å²) in [5, 5.41) is 0. The maximum Gasteiger partial charge on any atom is 0.343 e. The van der Waals surface area contributed by atoms with Crippen LogP contribution in [0.1, 0.15) is 31.8 Å². The lowest BCUT2D eigenvalue weighted by molar-refractivity contribution is 0.0734. The van der Waals surface area contributed by atoms with Gasteiger partial charge < -0.3 is 28.4 Å². The Bertz CT molecular complexity index is 1340. The summed E-state index contributed by atoms with van der Waals surface area (Å²) in [5.74, 6) is 1.80. The fourth-order valence-corrected chi connectivity index (χ4v) is 3.76. The number of rotatable bonds is 7. The zero-order valence-electron chi connectivity index (χ0n) is 20.0. The van der Waals surface area contributed by atoms with Crippen LogP contribution in [0.25, 0.3) is 6.08 Å². The first-order valence-electron chi connectivity index (χ1n) is 10.6. The van der Waals surface area contributed by atoms with E-state index in [1.807, 2.05) is 0 Å². The van der Waals surface area contributed by atoms with Gasteiger partial charge in [-0.05, 0) is 48.9 Å². The summed E-state index contributed by atoms with van der Waals surface area (Å²) in [6, 6.07) is 13.1. The lowest BCUT2D eigenvalue weighted by Crippen LogP contribution is -2.09. The first-order valence-corrected chi connectivity index (χ1v) is 10.6. The highest BCUT2D eigenvalue weighted by atomic mass is 16.5. The summed E-state index contributed by atoms with van der Waals surface area (Å²) in [6.07, 6.45) is 1.57. The van der Waals surface area contributed by atoms with Crippen molar-refractivity contribution in [1.82, 2.24) is 0 Å². The Hall–Kier alpha value is -4.46. The fraction of sp³-hybridized carbons (Fsp3) is 0.185. The molecule has 4 rings (SSSR count). The highest BCUT2D eigenvalue weighted by molar-refractivity contribution is 6.15. The van der Waals surface area contributed by atoms with Gasteiger partial charge in [0.2, 0.25) is 5.78 Å². The standard InChI is InChI=1S/C27H24O8/c1-15-9-19(34-27(29)16-7-6-8-18(10-16)30-2)13-23-25(15)26(28)24(35-23)12-17-11-21(32-4)22(33-5)14-20(17)31-3/h6-14H,1-5H3/b24-12-. The van der Waals surface area contributed by atoms with Crippen LogP contribution >= 0.6 is 0 Å². The number of hydrogen-bond donors (Lipinski definition) is 0. The van der Waals surface area contributed by atoms with Gasteiger partial charge in [-0.25, -0.2) is 4.79 Å². The number of methoxy groups -OCH3 is 4. The van der Waals surface area contributed by atoms with Crippen molar-refractivity contribution in [1.29, 1.82) is 0 Å². The predicted octanol–water partition coefficient (Wildman–Crippen LogP) is 4.86. The van der Waals surface area contributed by atoms with E-state index >= 15 is 0 Å².